The molecule has 31 heavy (non-hydrogen) atoms. The van der Waals surface area contributed by atoms with Crippen molar-refractivity contribution in [3.05, 3.63) is 35.9 Å². The van der Waals surface area contributed by atoms with E-state index in [1.165, 1.54) is 0 Å². The summed E-state index contributed by atoms with van der Waals surface area (Å²) in [5.41, 5.74) is 0.865. The van der Waals surface area contributed by atoms with Crippen LogP contribution in [0.25, 0.3) is 0 Å². The van der Waals surface area contributed by atoms with Gasteiger partial charge in [0.25, 0.3) is 0 Å². The van der Waals surface area contributed by atoms with E-state index in [0.29, 0.717) is 52.3 Å². The summed E-state index contributed by atoms with van der Waals surface area (Å²) in [6, 6.07) is 9.00. The number of ether oxygens (including phenoxy) is 1. The van der Waals surface area contributed by atoms with Gasteiger partial charge >= 0.3 is 6.09 Å². The second-order valence-corrected chi connectivity index (χ2v) is 10.9. The summed E-state index contributed by atoms with van der Waals surface area (Å²) < 4.78 is 29.1. The lowest BCUT2D eigenvalue weighted by Crippen LogP contribution is -2.49. The van der Waals surface area contributed by atoms with Gasteiger partial charge in [-0.05, 0) is 17.9 Å². The summed E-state index contributed by atoms with van der Waals surface area (Å²) in [7, 11) is -3.04. The summed E-state index contributed by atoms with van der Waals surface area (Å²) in [4.78, 5) is 31.4. The Balaban J connectivity index is 1.70. The minimum atomic E-state index is -3.04. The summed E-state index contributed by atoms with van der Waals surface area (Å²) in [5.74, 6) is 0.370. The molecule has 8 nitrogen and oxygen atoms in total. The molecule has 2 amide bonds. The van der Waals surface area contributed by atoms with Gasteiger partial charge in [-0.15, -0.1) is 0 Å². The summed E-state index contributed by atoms with van der Waals surface area (Å²) in [6.07, 6.45) is 0.349. The standard InChI is InChI=1S/C22H33N3O5S/c1-18(2)17-30-22(27)25-10-6-9-24(11-12-25)21(26)20(19-7-4-3-5-8-19)23-13-15-31(28,29)16-14-23/h3-5,7-8,18,20H,6,9-17H2,1-2H3. The van der Waals surface area contributed by atoms with Gasteiger partial charge in [0.1, 0.15) is 6.04 Å². The molecule has 2 saturated heterocycles. The van der Waals surface area contributed by atoms with Gasteiger partial charge in [0.05, 0.1) is 18.1 Å². The first-order valence-electron chi connectivity index (χ1n) is 11.0. The van der Waals surface area contributed by atoms with Gasteiger partial charge in [-0.25, -0.2) is 13.2 Å². The second-order valence-electron chi connectivity index (χ2n) is 8.64. The van der Waals surface area contributed by atoms with Gasteiger partial charge in [-0.1, -0.05) is 44.2 Å². The number of nitrogens with zero attached hydrogens (tertiary/aromatic N) is 3. The first kappa shape index (κ1) is 23.5. The highest BCUT2D eigenvalue weighted by Crippen LogP contribution is 2.26. The van der Waals surface area contributed by atoms with Crippen molar-refractivity contribution in [2.45, 2.75) is 26.3 Å². The Labute approximate surface area is 185 Å². The van der Waals surface area contributed by atoms with Crippen LogP contribution in [0, 0.1) is 5.92 Å². The van der Waals surface area contributed by atoms with Crippen LogP contribution in [0.1, 0.15) is 31.9 Å². The van der Waals surface area contributed by atoms with Crippen LogP contribution in [0.4, 0.5) is 4.79 Å². The van der Waals surface area contributed by atoms with Crippen molar-refractivity contribution in [1.82, 2.24) is 14.7 Å². The third kappa shape index (κ3) is 6.43. The van der Waals surface area contributed by atoms with E-state index in [1.54, 1.807) is 9.80 Å². The highest BCUT2D eigenvalue weighted by Gasteiger charge is 2.35. The number of hydrogen-bond donors (Lipinski definition) is 0. The van der Waals surface area contributed by atoms with Crippen LogP contribution >= 0.6 is 0 Å². The molecule has 0 bridgehead atoms. The third-order valence-electron chi connectivity index (χ3n) is 5.70. The highest BCUT2D eigenvalue weighted by atomic mass is 32.2. The minimum Gasteiger partial charge on any atom is -0.449 e. The number of carbonyl (C=O) groups excluding carboxylic acids is 2. The Hall–Kier alpha value is -2.13. The molecule has 0 aromatic heterocycles. The van der Waals surface area contributed by atoms with E-state index in [4.69, 9.17) is 4.74 Å². The lowest BCUT2D eigenvalue weighted by molar-refractivity contribution is -0.137. The molecular weight excluding hydrogens is 418 g/mol. The smallest absolute Gasteiger partial charge is 0.409 e. The molecule has 3 rings (SSSR count). The monoisotopic (exact) mass is 451 g/mol. The van der Waals surface area contributed by atoms with Crippen molar-refractivity contribution in [3.63, 3.8) is 0 Å². The molecule has 1 aromatic carbocycles. The molecule has 0 spiro atoms. The molecule has 0 aliphatic carbocycles. The maximum atomic E-state index is 13.6. The van der Waals surface area contributed by atoms with Crippen LogP contribution in [-0.2, 0) is 19.4 Å². The average Bonchev–Trinajstić information content (AvgIpc) is 3.00. The molecule has 0 N–H and O–H groups in total. The maximum Gasteiger partial charge on any atom is 0.409 e. The van der Waals surface area contributed by atoms with E-state index >= 15 is 0 Å². The lowest BCUT2D eigenvalue weighted by atomic mass is 10.0. The fraction of sp³-hybridized carbons (Fsp3) is 0.636. The van der Waals surface area contributed by atoms with Gasteiger partial charge < -0.3 is 14.5 Å². The molecule has 2 aliphatic rings. The fourth-order valence-electron chi connectivity index (χ4n) is 3.95. The van der Waals surface area contributed by atoms with Gasteiger partial charge in [0.15, 0.2) is 9.84 Å². The van der Waals surface area contributed by atoms with E-state index in [2.05, 4.69) is 0 Å². The van der Waals surface area contributed by atoms with Crippen LogP contribution in [-0.4, -0.2) is 92.5 Å². The number of amides is 2. The minimum absolute atomic E-state index is 0.0390. The Morgan fingerprint density at radius 2 is 1.55 bits per heavy atom. The average molecular weight is 452 g/mol. The molecule has 1 unspecified atom stereocenters. The number of hydrogen-bond acceptors (Lipinski definition) is 6. The summed E-state index contributed by atoms with van der Waals surface area (Å²) in [5, 5.41) is 0. The molecule has 172 valence electrons. The molecule has 9 heteroatoms. The number of sulfone groups is 1. The predicted molar refractivity (Wildman–Crippen MR) is 118 cm³/mol. The summed E-state index contributed by atoms with van der Waals surface area (Å²) >= 11 is 0. The van der Waals surface area contributed by atoms with Crippen molar-refractivity contribution in [3.8, 4) is 0 Å². The van der Waals surface area contributed by atoms with Crippen LogP contribution < -0.4 is 0 Å². The van der Waals surface area contributed by atoms with Gasteiger partial charge in [0.2, 0.25) is 5.91 Å². The normalized spacial score (nSPS) is 20.9. The number of carbonyl (C=O) groups is 2. The van der Waals surface area contributed by atoms with Gasteiger partial charge in [-0.3, -0.25) is 9.69 Å². The van der Waals surface area contributed by atoms with Crippen LogP contribution in [0.15, 0.2) is 30.3 Å². The first-order valence-corrected chi connectivity index (χ1v) is 12.8. The Kier molecular flexibility index (Phi) is 7.94. The highest BCUT2D eigenvalue weighted by molar-refractivity contribution is 7.91. The fourth-order valence-corrected chi connectivity index (χ4v) is 5.18. The van der Waals surface area contributed by atoms with Crippen molar-refractivity contribution in [1.29, 1.82) is 0 Å². The molecule has 2 heterocycles. The van der Waals surface area contributed by atoms with Crippen molar-refractivity contribution >= 4 is 21.8 Å². The van der Waals surface area contributed by atoms with Crippen molar-refractivity contribution in [2.75, 3.05) is 57.4 Å². The molecule has 2 aliphatic heterocycles. The largest absolute Gasteiger partial charge is 0.449 e. The summed E-state index contributed by atoms with van der Waals surface area (Å²) in [6.45, 7) is 7.03. The van der Waals surface area contributed by atoms with Crippen molar-refractivity contribution < 1.29 is 22.7 Å². The predicted octanol–water partition coefficient (Wildman–Crippen LogP) is 1.79. The maximum absolute atomic E-state index is 13.6. The third-order valence-corrected chi connectivity index (χ3v) is 7.31. The number of rotatable bonds is 5. The zero-order valence-corrected chi connectivity index (χ0v) is 19.2. The number of benzene rings is 1. The van der Waals surface area contributed by atoms with E-state index in [1.807, 2.05) is 49.1 Å². The SMILES string of the molecule is CC(C)COC(=O)N1CCCN(C(=O)C(c2ccccc2)N2CCS(=O)(=O)CC2)CC1. The van der Waals surface area contributed by atoms with Crippen LogP contribution in [0.5, 0.6) is 0 Å². The van der Waals surface area contributed by atoms with E-state index in [-0.39, 0.29) is 29.4 Å². The Bertz CT molecular complexity index is 845. The van der Waals surface area contributed by atoms with Gasteiger partial charge in [-0.2, -0.15) is 0 Å². The Morgan fingerprint density at radius 3 is 2.19 bits per heavy atom. The Morgan fingerprint density at radius 1 is 0.935 bits per heavy atom. The lowest BCUT2D eigenvalue weighted by Gasteiger charge is -2.36. The molecule has 0 saturated carbocycles. The van der Waals surface area contributed by atoms with Crippen molar-refractivity contribution in [2.24, 2.45) is 5.92 Å². The van der Waals surface area contributed by atoms with E-state index < -0.39 is 15.9 Å². The molecule has 1 atom stereocenters. The van der Waals surface area contributed by atoms with Crippen LogP contribution in [0.2, 0.25) is 0 Å². The topological polar surface area (TPSA) is 87.2 Å². The van der Waals surface area contributed by atoms with E-state index in [9.17, 15) is 18.0 Å². The molecular formula is C22H33N3O5S. The first-order chi connectivity index (χ1) is 14.8. The quantitative estimate of drug-likeness (QED) is 0.678. The molecule has 2 fully saturated rings. The van der Waals surface area contributed by atoms with E-state index in [0.717, 1.165) is 5.56 Å². The zero-order chi connectivity index (χ0) is 22.4. The van der Waals surface area contributed by atoms with Gasteiger partial charge in [0, 0.05) is 39.3 Å². The van der Waals surface area contributed by atoms with Crippen LogP contribution in [0.3, 0.4) is 0 Å². The zero-order valence-electron chi connectivity index (χ0n) is 18.4. The molecule has 1 aromatic rings. The second kappa shape index (κ2) is 10.5. The molecule has 0 radical (unpaired) electrons.